The van der Waals surface area contributed by atoms with E-state index < -0.39 is 11.9 Å². The van der Waals surface area contributed by atoms with Crippen molar-refractivity contribution in [2.45, 2.75) is 12.1 Å². The van der Waals surface area contributed by atoms with E-state index in [0.29, 0.717) is 17.2 Å². The smallest absolute Gasteiger partial charge is 0.301 e. The van der Waals surface area contributed by atoms with Gasteiger partial charge in [-0.3, -0.25) is 0 Å². The molecule has 0 spiro atoms. The number of aromatic nitrogens is 4. The zero-order valence-electron chi connectivity index (χ0n) is 9.97. The van der Waals surface area contributed by atoms with E-state index >= 15 is 0 Å². The van der Waals surface area contributed by atoms with Crippen molar-refractivity contribution in [3.05, 3.63) is 48.0 Å². The first-order chi connectivity index (χ1) is 9.50. The van der Waals surface area contributed by atoms with Crippen LogP contribution in [0.2, 0.25) is 0 Å². The van der Waals surface area contributed by atoms with Crippen molar-refractivity contribution in [3.63, 3.8) is 0 Å². The zero-order valence-corrected chi connectivity index (χ0v) is 10.7. The molecule has 0 fully saturated rings. The van der Waals surface area contributed by atoms with Crippen LogP contribution in [-0.4, -0.2) is 19.2 Å². The lowest BCUT2D eigenvalue weighted by Gasteiger charge is -2.02. The van der Waals surface area contributed by atoms with Crippen molar-refractivity contribution >= 4 is 17.2 Å². The number of hydrogen-bond donors (Lipinski definition) is 0. The molecule has 20 heavy (non-hydrogen) atoms. The number of nitrogens with zero attached hydrogens (tertiary/aromatic N) is 4. The van der Waals surface area contributed by atoms with E-state index in [1.165, 1.54) is 6.20 Å². The maximum atomic E-state index is 12.6. The highest BCUT2D eigenvalue weighted by Crippen LogP contribution is 2.28. The minimum Gasteiger partial charge on any atom is -0.301 e. The predicted molar refractivity (Wildman–Crippen MR) is 66.9 cm³/mol. The third kappa shape index (κ3) is 2.03. The Labute approximate surface area is 116 Å². The van der Waals surface area contributed by atoms with Gasteiger partial charge in [0, 0.05) is 12.4 Å². The highest BCUT2D eigenvalue weighted by Gasteiger charge is 2.34. The van der Waals surface area contributed by atoms with Crippen LogP contribution in [0, 0.1) is 0 Å². The molecule has 0 aliphatic heterocycles. The molecule has 0 atom stereocenters. The summed E-state index contributed by atoms with van der Waals surface area (Å²) in [6.07, 6.45) is -1.51. The van der Waals surface area contributed by atoms with Gasteiger partial charge in [0.15, 0.2) is 11.5 Å². The van der Waals surface area contributed by atoms with Crippen molar-refractivity contribution in [3.8, 4) is 5.82 Å². The van der Waals surface area contributed by atoms with E-state index in [2.05, 4.69) is 10.1 Å². The SMILES string of the molecule is FC(F)(F)c1ccn(-c2nc3ccccn3c2CCl)n1. The molecule has 3 rings (SSSR count). The number of rotatable bonds is 2. The predicted octanol–water partition coefficient (Wildman–Crippen LogP) is 3.28. The molecule has 3 aromatic rings. The summed E-state index contributed by atoms with van der Waals surface area (Å²) in [5.74, 6) is 0.406. The fourth-order valence-corrected chi connectivity index (χ4v) is 2.18. The highest BCUT2D eigenvalue weighted by atomic mass is 35.5. The third-order valence-electron chi connectivity index (χ3n) is 2.83. The number of halogens is 4. The Morgan fingerprint density at radius 1 is 1.15 bits per heavy atom. The lowest BCUT2D eigenvalue weighted by Crippen LogP contribution is -2.08. The monoisotopic (exact) mass is 300 g/mol. The largest absolute Gasteiger partial charge is 0.435 e. The van der Waals surface area contributed by atoms with Gasteiger partial charge in [0.05, 0.1) is 11.6 Å². The van der Waals surface area contributed by atoms with Crippen LogP contribution in [0.15, 0.2) is 36.7 Å². The van der Waals surface area contributed by atoms with Gasteiger partial charge in [-0.15, -0.1) is 11.6 Å². The molecule has 0 amide bonds. The second-order valence-electron chi connectivity index (χ2n) is 4.09. The molecule has 3 aromatic heterocycles. The van der Waals surface area contributed by atoms with Gasteiger partial charge in [0.25, 0.3) is 0 Å². The van der Waals surface area contributed by atoms with E-state index in [0.717, 1.165) is 10.7 Å². The average Bonchev–Trinajstić information content (AvgIpc) is 3.02. The number of fused-ring (bicyclic) bond motifs is 1. The van der Waals surface area contributed by atoms with Crippen molar-refractivity contribution in [2.75, 3.05) is 0 Å². The second-order valence-corrected chi connectivity index (χ2v) is 4.36. The van der Waals surface area contributed by atoms with Gasteiger partial charge >= 0.3 is 6.18 Å². The maximum Gasteiger partial charge on any atom is 0.435 e. The van der Waals surface area contributed by atoms with Crippen LogP contribution < -0.4 is 0 Å². The summed E-state index contributed by atoms with van der Waals surface area (Å²) in [5, 5.41) is 3.51. The second kappa shape index (κ2) is 4.52. The molecule has 8 heteroatoms. The van der Waals surface area contributed by atoms with Crippen LogP contribution in [0.5, 0.6) is 0 Å². The van der Waals surface area contributed by atoms with Gasteiger partial charge in [-0.05, 0) is 18.2 Å². The van der Waals surface area contributed by atoms with Crippen molar-refractivity contribution in [1.29, 1.82) is 0 Å². The van der Waals surface area contributed by atoms with E-state index in [-0.39, 0.29) is 5.88 Å². The van der Waals surface area contributed by atoms with Gasteiger partial charge in [-0.25, -0.2) is 9.67 Å². The third-order valence-corrected chi connectivity index (χ3v) is 3.08. The van der Waals surface area contributed by atoms with Gasteiger partial charge in [-0.1, -0.05) is 6.07 Å². The molecular formula is C12H8ClF3N4. The van der Waals surface area contributed by atoms with Gasteiger partial charge in [-0.2, -0.15) is 18.3 Å². The summed E-state index contributed by atoms with van der Waals surface area (Å²) in [4.78, 5) is 4.26. The zero-order chi connectivity index (χ0) is 14.3. The molecule has 0 aliphatic carbocycles. The topological polar surface area (TPSA) is 35.1 Å². The Hall–Kier alpha value is -2.02. The Morgan fingerprint density at radius 2 is 1.95 bits per heavy atom. The highest BCUT2D eigenvalue weighted by molar-refractivity contribution is 6.17. The summed E-state index contributed by atoms with van der Waals surface area (Å²) in [6.45, 7) is 0. The average molecular weight is 301 g/mol. The quantitative estimate of drug-likeness (QED) is 0.681. The fraction of sp³-hybridized carbons (Fsp3) is 0.167. The van der Waals surface area contributed by atoms with Crippen LogP contribution in [-0.2, 0) is 12.1 Å². The molecule has 0 radical (unpaired) electrons. The van der Waals surface area contributed by atoms with E-state index in [1.807, 2.05) is 0 Å². The van der Waals surface area contributed by atoms with Crippen LogP contribution in [0.3, 0.4) is 0 Å². The van der Waals surface area contributed by atoms with Gasteiger partial charge < -0.3 is 4.40 Å². The summed E-state index contributed by atoms with van der Waals surface area (Å²) in [5.41, 5.74) is 0.219. The first-order valence-corrected chi connectivity index (χ1v) is 6.19. The van der Waals surface area contributed by atoms with Crippen molar-refractivity contribution in [1.82, 2.24) is 19.2 Å². The molecule has 0 bridgehead atoms. The summed E-state index contributed by atoms with van der Waals surface area (Å²) < 4.78 is 40.5. The van der Waals surface area contributed by atoms with Crippen LogP contribution >= 0.6 is 11.6 Å². The standard InChI is InChI=1S/C12H8ClF3N4/c13-7-8-11(17-10-3-1-2-5-19(8)10)20-6-4-9(18-20)12(14,15)16/h1-6H,7H2. The van der Waals surface area contributed by atoms with Crippen LogP contribution in [0.4, 0.5) is 13.2 Å². The molecule has 0 N–H and O–H groups in total. The number of hydrogen-bond acceptors (Lipinski definition) is 2. The van der Waals surface area contributed by atoms with Crippen LogP contribution in [0.1, 0.15) is 11.4 Å². The Bertz CT molecular complexity index is 759. The molecule has 3 heterocycles. The number of imidazole rings is 1. The lowest BCUT2D eigenvalue weighted by atomic mass is 10.4. The molecule has 0 saturated carbocycles. The van der Waals surface area contributed by atoms with E-state index in [9.17, 15) is 13.2 Å². The first-order valence-electron chi connectivity index (χ1n) is 5.66. The van der Waals surface area contributed by atoms with Crippen LogP contribution in [0.25, 0.3) is 11.5 Å². The Kier molecular flexibility index (Phi) is 2.93. The summed E-state index contributed by atoms with van der Waals surface area (Å²) >= 11 is 5.87. The lowest BCUT2D eigenvalue weighted by molar-refractivity contribution is -0.141. The van der Waals surface area contributed by atoms with E-state index in [4.69, 9.17) is 11.6 Å². The minimum absolute atomic E-state index is 0.113. The van der Waals surface area contributed by atoms with Gasteiger partial charge in [0.2, 0.25) is 0 Å². The minimum atomic E-state index is -4.48. The van der Waals surface area contributed by atoms with Crippen molar-refractivity contribution < 1.29 is 13.2 Å². The Morgan fingerprint density at radius 3 is 2.60 bits per heavy atom. The van der Waals surface area contributed by atoms with Gasteiger partial charge in [0.1, 0.15) is 5.65 Å². The molecule has 104 valence electrons. The van der Waals surface area contributed by atoms with Crippen molar-refractivity contribution in [2.24, 2.45) is 0 Å². The Balaban J connectivity index is 2.17. The molecule has 0 aromatic carbocycles. The number of alkyl halides is 4. The summed E-state index contributed by atoms with van der Waals surface area (Å²) in [6, 6.07) is 6.23. The molecule has 0 unspecified atom stereocenters. The maximum absolute atomic E-state index is 12.6. The first kappa shape index (κ1) is 13.0. The molecule has 0 saturated heterocycles. The molecule has 0 aliphatic rings. The van der Waals surface area contributed by atoms with E-state index in [1.54, 1.807) is 28.8 Å². The molecule has 4 nitrogen and oxygen atoms in total. The normalized spacial score (nSPS) is 12.2. The number of pyridine rings is 1. The fourth-order valence-electron chi connectivity index (χ4n) is 1.93. The summed E-state index contributed by atoms with van der Waals surface area (Å²) in [7, 11) is 0. The molecular weight excluding hydrogens is 293 g/mol.